The van der Waals surface area contributed by atoms with Gasteiger partial charge in [-0.05, 0) is 36.8 Å². The van der Waals surface area contributed by atoms with Crippen molar-refractivity contribution in [2.45, 2.75) is 13.5 Å². The summed E-state index contributed by atoms with van der Waals surface area (Å²) in [4.78, 5) is 4.14. The highest BCUT2D eigenvalue weighted by molar-refractivity contribution is 9.10. The number of benzene rings is 1. The number of nitrogens with zero attached hydrogens (tertiary/aromatic N) is 1. The minimum absolute atomic E-state index is 0.238. The van der Waals surface area contributed by atoms with E-state index >= 15 is 0 Å². The van der Waals surface area contributed by atoms with E-state index in [1.165, 1.54) is 6.07 Å². The Labute approximate surface area is 113 Å². The molecule has 0 aliphatic heterocycles. The van der Waals surface area contributed by atoms with Crippen LogP contribution in [0.4, 0.5) is 15.9 Å². The third kappa shape index (κ3) is 2.98. The van der Waals surface area contributed by atoms with Gasteiger partial charge in [0.15, 0.2) is 0 Å². The van der Waals surface area contributed by atoms with Gasteiger partial charge in [0, 0.05) is 16.6 Å². The number of nitrogens with two attached hydrogens (primary N) is 1. The molecule has 0 unspecified atom stereocenters. The lowest BCUT2D eigenvalue weighted by molar-refractivity contribution is 0.612. The van der Waals surface area contributed by atoms with E-state index < -0.39 is 0 Å². The largest absolute Gasteiger partial charge is 0.397 e. The van der Waals surface area contributed by atoms with Crippen LogP contribution in [0.2, 0.25) is 0 Å². The molecule has 5 heteroatoms. The molecule has 2 rings (SSSR count). The molecular formula is C13H13BrFN3. The van der Waals surface area contributed by atoms with E-state index in [1.807, 2.05) is 13.0 Å². The predicted molar refractivity (Wildman–Crippen MR) is 74.8 cm³/mol. The van der Waals surface area contributed by atoms with Crippen molar-refractivity contribution in [1.82, 2.24) is 4.98 Å². The van der Waals surface area contributed by atoms with Crippen LogP contribution in [0.1, 0.15) is 11.1 Å². The second kappa shape index (κ2) is 5.35. The minimum Gasteiger partial charge on any atom is -0.397 e. The first kappa shape index (κ1) is 12.8. The van der Waals surface area contributed by atoms with Gasteiger partial charge in [0.1, 0.15) is 11.6 Å². The molecule has 18 heavy (non-hydrogen) atoms. The van der Waals surface area contributed by atoms with Crippen LogP contribution in [0.15, 0.2) is 34.9 Å². The smallest absolute Gasteiger partial charge is 0.128 e. The zero-order valence-corrected chi connectivity index (χ0v) is 11.5. The summed E-state index contributed by atoms with van der Waals surface area (Å²) in [7, 11) is 0. The number of hydrogen-bond acceptors (Lipinski definition) is 3. The molecule has 0 spiro atoms. The Balaban J connectivity index is 2.11. The molecule has 1 aromatic carbocycles. The summed E-state index contributed by atoms with van der Waals surface area (Å²) in [6.07, 6.45) is 1.59. The van der Waals surface area contributed by atoms with Crippen LogP contribution in [0.5, 0.6) is 0 Å². The van der Waals surface area contributed by atoms with Gasteiger partial charge >= 0.3 is 0 Å². The standard InChI is InChI=1S/C13H13BrFN3/c1-8-4-13(18-7-12(8)16)17-6-9-5-10(14)2-3-11(9)15/h2-5,7H,6,16H2,1H3,(H,17,18). The Kier molecular flexibility index (Phi) is 3.81. The maximum atomic E-state index is 13.5. The fourth-order valence-corrected chi connectivity index (χ4v) is 1.94. The number of nitrogen functional groups attached to an aromatic ring is 1. The number of nitrogens with one attached hydrogen (secondary N) is 1. The topological polar surface area (TPSA) is 50.9 Å². The van der Waals surface area contributed by atoms with E-state index in [0.717, 1.165) is 10.0 Å². The van der Waals surface area contributed by atoms with Crippen LogP contribution in [-0.2, 0) is 6.54 Å². The third-order valence-corrected chi connectivity index (χ3v) is 3.11. The van der Waals surface area contributed by atoms with E-state index in [9.17, 15) is 4.39 Å². The number of anilines is 2. The SMILES string of the molecule is Cc1cc(NCc2cc(Br)ccc2F)ncc1N. The van der Waals surface area contributed by atoms with Crippen molar-refractivity contribution in [1.29, 1.82) is 0 Å². The van der Waals surface area contributed by atoms with E-state index in [4.69, 9.17) is 5.73 Å². The van der Waals surface area contributed by atoms with E-state index in [1.54, 1.807) is 18.3 Å². The summed E-state index contributed by atoms with van der Waals surface area (Å²) in [6, 6.07) is 6.69. The molecule has 0 fully saturated rings. The first-order chi connectivity index (χ1) is 8.56. The minimum atomic E-state index is -0.238. The van der Waals surface area contributed by atoms with Gasteiger partial charge in [0.05, 0.1) is 11.9 Å². The van der Waals surface area contributed by atoms with E-state index in [0.29, 0.717) is 23.6 Å². The lowest BCUT2D eigenvalue weighted by Gasteiger charge is -2.08. The van der Waals surface area contributed by atoms with Gasteiger partial charge in [0.25, 0.3) is 0 Å². The zero-order valence-electron chi connectivity index (χ0n) is 9.87. The predicted octanol–water partition coefficient (Wildman–Crippen LogP) is 3.49. The average molecular weight is 310 g/mol. The number of rotatable bonds is 3. The number of aryl methyl sites for hydroxylation is 1. The van der Waals surface area contributed by atoms with Gasteiger partial charge in [-0.15, -0.1) is 0 Å². The van der Waals surface area contributed by atoms with Crippen LogP contribution < -0.4 is 11.1 Å². The van der Waals surface area contributed by atoms with Gasteiger partial charge in [-0.2, -0.15) is 0 Å². The summed E-state index contributed by atoms with van der Waals surface area (Å²) >= 11 is 3.32. The van der Waals surface area contributed by atoms with Crippen LogP contribution in [0.3, 0.4) is 0 Å². The quantitative estimate of drug-likeness (QED) is 0.912. The summed E-state index contributed by atoms with van der Waals surface area (Å²) in [5, 5.41) is 3.07. The highest BCUT2D eigenvalue weighted by Crippen LogP contribution is 2.18. The van der Waals surface area contributed by atoms with Crippen LogP contribution in [0.25, 0.3) is 0 Å². The number of halogens is 2. The van der Waals surface area contributed by atoms with E-state index in [2.05, 4.69) is 26.2 Å². The molecule has 2 aromatic rings. The third-order valence-electron chi connectivity index (χ3n) is 2.62. The lowest BCUT2D eigenvalue weighted by atomic mass is 10.2. The van der Waals surface area contributed by atoms with Crippen LogP contribution in [-0.4, -0.2) is 4.98 Å². The molecule has 0 saturated carbocycles. The van der Waals surface area contributed by atoms with Crippen LogP contribution >= 0.6 is 15.9 Å². The fraction of sp³-hybridized carbons (Fsp3) is 0.154. The molecule has 0 amide bonds. The molecule has 0 aliphatic rings. The molecule has 94 valence electrons. The Morgan fingerprint density at radius 1 is 1.39 bits per heavy atom. The highest BCUT2D eigenvalue weighted by atomic mass is 79.9. The molecule has 0 bridgehead atoms. The van der Waals surface area contributed by atoms with Crippen molar-refractivity contribution in [2.75, 3.05) is 11.1 Å². The Morgan fingerprint density at radius 3 is 2.89 bits per heavy atom. The van der Waals surface area contributed by atoms with Crippen LogP contribution in [0, 0.1) is 12.7 Å². The maximum Gasteiger partial charge on any atom is 0.128 e. The van der Waals surface area contributed by atoms with Gasteiger partial charge in [-0.1, -0.05) is 15.9 Å². The summed E-state index contributed by atoms with van der Waals surface area (Å²) in [6.45, 7) is 2.28. The number of pyridine rings is 1. The molecule has 3 N–H and O–H groups in total. The fourth-order valence-electron chi connectivity index (χ4n) is 1.53. The Hall–Kier alpha value is -1.62. The molecule has 0 radical (unpaired) electrons. The monoisotopic (exact) mass is 309 g/mol. The first-order valence-electron chi connectivity index (χ1n) is 5.46. The maximum absolute atomic E-state index is 13.5. The normalized spacial score (nSPS) is 10.4. The molecule has 3 nitrogen and oxygen atoms in total. The summed E-state index contributed by atoms with van der Waals surface area (Å²) in [5.74, 6) is 0.443. The number of hydrogen-bond donors (Lipinski definition) is 2. The van der Waals surface area contributed by atoms with Crippen molar-refractivity contribution in [3.05, 3.63) is 51.9 Å². The van der Waals surface area contributed by atoms with Gasteiger partial charge in [-0.3, -0.25) is 0 Å². The zero-order chi connectivity index (χ0) is 13.1. The van der Waals surface area contributed by atoms with Crippen molar-refractivity contribution in [3.63, 3.8) is 0 Å². The van der Waals surface area contributed by atoms with Gasteiger partial charge in [-0.25, -0.2) is 9.37 Å². The Morgan fingerprint density at radius 2 is 2.17 bits per heavy atom. The van der Waals surface area contributed by atoms with Crippen molar-refractivity contribution >= 4 is 27.4 Å². The van der Waals surface area contributed by atoms with Gasteiger partial charge in [0.2, 0.25) is 0 Å². The molecule has 1 heterocycles. The second-order valence-electron chi connectivity index (χ2n) is 4.02. The molecule has 0 atom stereocenters. The van der Waals surface area contributed by atoms with Crippen molar-refractivity contribution in [3.8, 4) is 0 Å². The van der Waals surface area contributed by atoms with Gasteiger partial charge < -0.3 is 11.1 Å². The summed E-state index contributed by atoms with van der Waals surface area (Å²) < 4.78 is 14.4. The second-order valence-corrected chi connectivity index (χ2v) is 4.93. The summed E-state index contributed by atoms with van der Waals surface area (Å²) in [5.41, 5.74) is 7.86. The van der Waals surface area contributed by atoms with E-state index in [-0.39, 0.29) is 5.82 Å². The highest BCUT2D eigenvalue weighted by Gasteiger charge is 2.04. The Bertz CT molecular complexity index is 572. The first-order valence-corrected chi connectivity index (χ1v) is 6.25. The average Bonchev–Trinajstić information content (AvgIpc) is 2.34. The lowest BCUT2D eigenvalue weighted by Crippen LogP contribution is -2.04. The molecule has 1 aromatic heterocycles. The number of aromatic nitrogens is 1. The van der Waals surface area contributed by atoms with Crippen molar-refractivity contribution in [2.24, 2.45) is 0 Å². The molecule has 0 saturated heterocycles. The molecular weight excluding hydrogens is 297 g/mol. The van der Waals surface area contributed by atoms with Crippen molar-refractivity contribution < 1.29 is 4.39 Å². The molecule has 0 aliphatic carbocycles.